The van der Waals surface area contributed by atoms with Crippen molar-refractivity contribution < 1.29 is 19.0 Å². The van der Waals surface area contributed by atoms with Gasteiger partial charge in [-0.05, 0) is 57.6 Å². The maximum Gasteiger partial charge on any atom is 0.410 e. The zero-order chi connectivity index (χ0) is 54.0. The molecule has 24 nitrogen and oxygen atoms in total. The number of carbonyl (C=O) groups excluding carboxylic acids is 1. The van der Waals surface area contributed by atoms with Crippen molar-refractivity contribution in [1.29, 1.82) is 0 Å². The molecule has 4 aliphatic heterocycles. The fourth-order valence-electron chi connectivity index (χ4n) is 9.29. The molecule has 6 aromatic rings. The Labute approximate surface area is 460 Å². The first-order valence-electron chi connectivity index (χ1n) is 27.5. The highest BCUT2D eigenvalue weighted by Gasteiger charge is 2.29. The minimum absolute atomic E-state index is 0.151. The van der Waals surface area contributed by atoms with Crippen LogP contribution in [0.4, 0.5) is 28.6 Å². The summed E-state index contributed by atoms with van der Waals surface area (Å²) in [6.45, 7) is 17.1. The van der Waals surface area contributed by atoms with E-state index in [-0.39, 0.29) is 18.3 Å². The molecule has 24 heteroatoms. The van der Waals surface area contributed by atoms with Crippen LogP contribution in [0.15, 0.2) is 62.2 Å². The molecule has 0 bridgehead atoms. The molecule has 0 aromatic carbocycles. The van der Waals surface area contributed by atoms with Crippen molar-refractivity contribution in [2.75, 3.05) is 111 Å². The van der Waals surface area contributed by atoms with Gasteiger partial charge in [-0.25, -0.2) is 44.7 Å². The van der Waals surface area contributed by atoms with Crippen LogP contribution in [0.1, 0.15) is 80.4 Å². The maximum atomic E-state index is 12.5. The SMILES string of the molecule is C(#CC1CC1)c1cnc(N2CCN(c3ncnc(Cc4cnn(C[C@@H]5CNCCO5)c4)n3)CC2)nc1.CC(C)(C)OC(=O)N1CCO[C@H](Cn2cc(Cc3ncnc(N4CCN(c5ncc(C#CC6CC6)cn5)CC4)n3)cn2)C1. The number of nitrogens with one attached hydrogen (secondary N) is 1. The van der Waals surface area contributed by atoms with E-state index in [0.717, 1.165) is 119 Å². The smallest absolute Gasteiger partial charge is 0.410 e. The number of nitrogens with zero attached hydrogens (tertiary/aromatic N) is 19. The molecule has 2 atom stereocenters. The molecule has 1 N–H and O–H groups in total. The Bertz CT molecular complexity index is 3090. The number of anilines is 4. The number of hydrogen-bond donors (Lipinski definition) is 1. The van der Waals surface area contributed by atoms with Gasteiger partial charge in [0.1, 0.15) is 29.9 Å². The van der Waals surface area contributed by atoms with Crippen LogP contribution in [0.5, 0.6) is 0 Å². The molecule has 6 aromatic heterocycles. The van der Waals surface area contributed by atoms with Crippen LogP contribution < -0.4 is 24.9 Å². The average Bonchev–Trinajstić information content (AvgIpc) is 4.41. The van der Waals surface area contributed by atoms with Crippen LogP contribution in [-0.4, -0.2) is 190 Å². The molecule has 0 unspecified atom stereocenters. The topological polar surface area (TPSA) is 238 Å². The molecule has 0 radical (unpaired) electrons. The van der Waals surface area contributed by atoms with Crippen molar-refractivity contribution in [3.05, 3.63) is 96.1 Å². The van der Waals surface area contributed by atoms with E-state index in [9.17, 15) is 4.79 Å². The standard InChI is InChI=1S/C30H38N10O3.C25H30N10O/c1-30(2,3)43-29(41)39-12-13-42-25(19-39)20-40-18-24(17-35-40)14-26-33-21-34-28(36-26)38-10-8-37(9-11-38)27-31-15-23(16-32-27)7-6-22-4-5-22;1-2-19(1)3-4-20-12-27-24(28-13-20)33-6-8-34(9-7-33)25-30-18-29-23(32-25)11-21-14-31-35(16-21)17-22-15-26-5-10-36-22/h15-18,21-22,25H,4-5,8-14,19-20H2,1-3H3;12-14,16,18-19,22,26H,1-2,5-11,15,17H2/t25-;22-/m00/s1. The minimum Gasteiger partial charge on any atom is -0.444 e. The Morgan fingerprint density at radius 2 is 1.06 bits per heavy atom. The van der Waals surface area contributed by atoms with E-state index >= 15 is 0 Å². The van der Waals surface area contributed by atoms with Gasteiger partial charge in [-0.1, -0.05) is 23.7 Å². The zero-order valence-corrected chi connectivity index (χ0v) is 45.3. The van der Waals surface area contributed by atoms with Crippen LogP contribution in [-0.2, 0) is 40.1 Å². The average molecular weight is 1070 g/mol. The number of amides is 1. The lowest BCUT2D eigenvalue weighted by atomic mass is 10.2. The highest BCUT2D eigenvalue weighted by molar-refractivity contribution is 5.68. The summed E-state index contributed by atoms with van der Waals surface area (Å²) in [6, 6.07) is 0. The lowest BCUT2D eigenvalue weighted by Crippen LogP contribution is -2.48. The first-order valence-corrected chi connectivity index (χ1v) is 27.5. The third-order valence-electron chi connectivity index (χ3n) is 13.9. The van der Waals surface area contributed by atoms with Crippen LogP contribution in [0, 0.1) is 35.5 Å². The molecular weight excluding hydrogens is 1000 g/mol. The molecule has 2 saturated carbocycles. The second-order valence-corrected chi connectivity index (χ2v) is 21.6. The van der Waals surface area contributed by atoms with Crippen molar-refractivity contribution in [3.8, 4) is 23.7 Å². The first kappa shape index (κ1) is 53.1. The normalized spacial score (nSPS) is 19.6. The Balaban J connectivity index is 0.000000170. The van der Waals surface area contributed by atoms with E-state index in [0.29, 0.717) is 68.6 Å². The van der Waals surface area contributed by atoms with Gasteiger partial charge in [-0.15, -0.1) is 0 Å². The fraction of sp³-hybridized carbons (Fsp3) is 0.545. The number of piperazine rings is 2. The van der Waals surface area contributed by atoms with Crippen LogP contribution in [0.3, 0.4) is 0 Å². The molecule has 1 amide bonds. The van der Waals surface area contributed by atoms with Crippen molar-refractivity contribution in [1.82, 2.24) is 79.6 Å². The molecule has 6 aliphatic rings. The van der Waals surface area contributed by atoms with Crippen molar-refractivity contribution in [3.63, 3.8) is 0 Å². The number of carbonyl (C=O) groups is 1. The summed E-state index contributed by atoms with van der Waals surface area (Å²) in [7, 11) is 0. The van der Waals surface area contributed by atoms with Gasteiger partial charge in [0.15, 0.2) is 0 Å². The maximum absolute atomic E-state index is 12.5. The van der Waals surface area contributed by atoms with Crippen molar-refractivity contribution in [2.45, 2.75) is 90.2 Å². The summed E-state index contributed by atoms with van der Waals surface area (Å²) in [5.41, 5.74) is 3.28. The predicted octanol–water partition coefficient (Wildman–Crippen LogP) is 2.70. The number of hydrogen-bond acceptors (Lipinski definition) is 21. The molecule has 12 rings (SSSR count). The number of ether oxygens (including phenoxy) is 3. The van der Waals surface area contributed by atoms with Gasteiger partial charge in [-0.3, -0.25) is 9.36 Å². The highest BCUT2D eigenvalue weighted by Crippen LogP contribution is 2.28. The van der Waals surface area contributed by atoms with E-state index in [1.807, 2.05) is 79.7 Å². The fourth-order valence-corrected chi connectivity index (χ4v) is 9.29. The van der Waals surface area contributed by atoms with Gasteiger partial charge < -0.3 is 44.0 Å². The predicted molar refractivity (Wildman–Crippen MR) is 292 cm³/mol. The molecule has 4 saturated heterocycles. The summed E-state index contributed by atoms with van der Waals surface area (Å²) in [5.74, 6) is 18.2. The van der Waals surface area contributed by atoms with E-state index in [1.54, 1.807) is 17.6 Å². The molecule has 10 heterocycles. The lowest BCUT2D eigenvalue weighted by molar-refractivity contribution is -0.0483. The zero-order valence-electron chi connectivity index (χ0n) is 45.3. The summed E-state index contributed by atoms with van der Waals surface area (Å²) < 4.78 is 21.0. The molecular formula is C55H68N20O4. The van der Waals surface area contributed by atoms with Crippen molar-refractivity contribution >= 4 is 29.9 Å². The van der Waals surface area contributed by atoms with Gasteiger partial charge in [0, 0.05) is 134 Å². The van der Waals surface area contributed by atoms with Gasteiger partial charge in [0.2, 0.25) is 23.8 Å². The second kappa shape index (κ2) is 24.8. The van der Waals surface area contributed by atoms with E-state index in [2.05, 4.69) is 98.7 Å². The minimum atomic E-state index is -0.530. The highest BCUT2D eigenvalue weighted by atomic mass is 16.6. The summed E-state index contributed by atoms with van der Waals surface area (Å²) in [6.07, 6.45) is 23.8. The third-order valence-corrected chi connectivity index (χ3v) is 13.9. The van der Waals surface area contributed by atoms with Gasteiger partial charge in [-0.2, -0.15) is 20.2 Å². The third kappa shape index (κ3) is 15.4. The molecule has 2 aliphatic carbocycles. The van der Waals surface area contributed by atoms with Gasteiger partial charge in [0.25, 0.3) is 0 Å². The summed E-state index contributed by atoms with van der Waals surface area (Å²) in [4.78, 5) is 68.2. The Hall–Kier alpha value is -7.93. The lowest BCUT2D eigenvalue weighted by Gasteiger charge is -2.34. The molecule has 6 fully saturated rings. The van der Waals surface area contributed by atoms with E-state index in [1.165, 1.54) is 25.7 Å². The number of rotatable bonds is 12. The molecule has 0 spiro atoms. The molecule has 412 valence electrons. The van der Waals surface area contributed by atoms with Crippen molar-refractivity contribution in [2.24, 2.45) is 11.8 Å². The Morgan fingerprint density at radius 3 is 1.52 bits per heavy atom. The summed E-state index contributed by atoms with van der Waals surface area (Å²) in [5, 5.41) is 12.3. The van der Waals surface area contributed by atoms with Crippen LogP contribution >= 0.6 is 0 Å². The Morgan fingerprint density at radius 1 is 0.595 bits per heavy atom. The number of morpholine rings is 2. The van der Waals surface area contributed by atoms with E-state index < -0.39 is 5.60 Å². The first-order chi connectivity index (χ1) is 38.6. The largest absolute Gasteiger partial charge is 0.444 e. The monoisotopic (exact) mass is 1070 g/mol. The van der Waals surface area contributed by atoms with Crippen LogP contribution in [0.25, 0.3) is 0 Å². The number of aromatic nitrogens is 14. The van der Waals surface area contributed by atoms with E-state index in [4.69, 9.17) is 24.2 Å². The Kier molecular flexibility index (Phi) is 16.7. The van der Waals surface area contributed by atoms with Crippen LogP contribution in [0.2, 0.25) is 0 Å². The summed E-state index contributed by atoms with van der Waals surface area (Å²) >= 11 is 0. The quantitative estimate of drug-likeness (QED) is 0.173. The second-order valence-electron chi connectivity index (χ2n) is 21.6. The molecule has 79 heavy (non-hydrogen) atoms. The van der Waals surface area contributed by atoms with Gasteiger partial charge in [0.05, 0.1) is 68.6 Å². The van der Waals surface area contributed by atoms with Gasteiger partial charge >= 0.3 is 6.09 Å².